The Kier molecular flexibility index (Phi) is 4.20. The van der Waals surface area contributed by atoms with Crippen molar-refractivity contribution in [1.82, 2.24) is 10.2 Å². The summed E-state index contributed by atoms with van der Waals surface area (Å²) in [7, 11) is 2.02. The molecule has 1 heterocycles. The topological polar surface area (TPSA) is 69.6 Å². The van der Waals surface area contributed by atoms with Crippen LogP contribution in [0, 0.1) is 23.2 Å². The summed E-state index contributed by atoms with van der Waals surface area (Å²) in [6.45, 7) is 5.43. The number of likely N-dealkylation sites (N-methyl/N-ethyl adjacent to an activating group) is 1. The smallest absolute Gasteiger partial charge is 0.322 e. The number of hydrogen-bond donors (Lipinski definition) is 2. The first-order valence-corrected chi connectivity index (χ1v) is 8.99. The molecule has 23 heavy (non-hydrogen) atoms. The number of hydrogen-bond acceptors (Lipinski definition) is 3. The van der Waals surface area contributed by atoms with Crippen molar-refractivity contribution in [2.45, 2.75) is 57.9 Å². The summed E-state index contributed by atoms with van der Waals surface area (Å²) in [5.41, 5.74) is -0.0960. The van der Waals surface area contributed by atoms with Crippen molar-refractivity contribution in [2.24, 2.45) is 23.2 Å². The van der Waals surface area contributed by atoms with E-state index in [4.69, 9.17) is 5.11 Å². The maximum Gasteiger partial charge on any atom is 0.322 e. The largest absolute Gasteiger partial charge is 0.480 e. The van der Waals surface area contributed by atoms with Crippen LogP contribution in [-0.2, 0) is 9.59 Å². The van der Waals surface area contributed by atoms with E-state index in [9.17, 15) is 9.59 Å². The fourth-order valence-electron chi connectivity index (χ4n) is 5.85. The number of rotatable bonds is 5. The Morgan fingerprint density at radius 2 is 2.04 bits per heavy atom. The third-order valence-corrected chi connectivity index (χ3v) is 7.23. The molecule has 2 bridgehead atoms. The van der Waals surface area contributed by atoms with Crippen LogP contribution in [0.25, 0.3) is 0 Å². The normalized spacial score (nSPS) is 38.8. The summed E-state index contributed by atoms with van der Waals surface area (Å²) in [6.07, 6.45) is 6.62. The predicted molar refractivity (Wildman–Crippen MR) is 88.0 cm³/mol. The first-order valence-electron chi connectivity index (χ1n) is 8.99. The second-order valence-corrected chi connectivity index (χ2v) is 8.54. The van der Waals surface area contributed by atoms with Gasteiger partial charge in [0, 0.05) is 0 Å². The second-order valence-electron chi connectivity index (χ2n) is 8.54. The van der Waals surface area contributed by atoms with Crippen LogP contribution in [0.4, 0.5) is 0 Å². The van der Waals surface area contributed by atoms with Gasteiger partial charge in [-0.2, -0.15) is 0 Å². The van der Waals surface area contributed by atoms with Crippen LogP contribution < -0.4 is 5.32 Å². The van der Waals surface area contributed by atoms with E-state index in [1.165, 1.54) is 19.3 Å². The SMILES string of the molecule is CN1CCC[C@@]1(CC1CC2CCC1C2(C)C)C(=O)NCC(=O)O. The molecule has 2 saturated carbocycles. The van der Waals surface area contributed by atoms with Crippen molar-refractivity contribution in [3.8, 4) is 0 Å². The van der Waals surface area contributed by atoms with Crippen molar-refractivity contribution >= 4 is 11.9 Å². The highest BCUT2D eigenvalue weighted by Gasteiger charge is 2.56. The number of amides is 1. The lowest BCUT2D eigenvalue weighted by atomic mass is 9.74. The third-order valence-electron chi connectivity index (χ3n) is 7.23. The van der Waals surface area contributed by atoms with Crippen molar-refractivity contribution in [1.29, 1.82) is 0 Å². The monoisotopic (exact) mass is 322 g/mol. The average Bonchev–Trinajstić information content (AvgIpc) is 3.06. The van der Waals surface area contributed by atoms with Crippen molar-refractivity contribution in [2.75, 3.05) is 20.1 Å². The minimum Gasteiger partial charge on any atom is -0.480 e. The maximum absolute atomic E-state index is 12.8. The summed E-state index contributed by atoms with van der Waals surface area (Å²) in [6, 6.07) is 0. The molecule has 4 atom stereocenters. The predicted octanol–water partition coefficient (Wildman–Crippen LogP) is 2.11. The van der Waals surface area contributed by atoms with Gasteiger partial charge in [0.2, 0.25) is 5.91 Å². The lowest BCUT2D eigenvalue weighted by Gasteiger charge is -2.39. The van der Waals surface area contributed by atoms with Gasteiger partial charge in [-0.25, -0.2) is 0 Å². The van der Waals surface area contributed by atoms with Crippen LogP contribution in [0.3, 0.4) is 0 Å². The second kappa shape index (κ2) is 5.76. The molecule has 0 radical (unpaired) electrons. The number of carbonyl (C=O) groups is 2. The standard InChI is InChI=1S/C18H30N2O3/c1-17(2)13-5-6-14(17)12(9-13)10-18(7-4-8-20(18)3)16(23)19-11-15(21)22/h12-14H,4-11H2,1-3H3,(H,19,23)(H,21,22)/t12?,13?,14?,18-/m1/s1. The number of aliphatic carboxylic acids is 1. The van der Waals surface area contributed by atoms with Crippen LogP contribution >= 0.6 is 0 Å². The average molecular weight is 322 g/mol. The molecule has 0 aromatic heterocycles. The van der Waals surface area contributed by atoms with E-state index in [1.807, 2.05) is 7.05 Å². The van der Waals surface area contributed by atoms with Gasteiger partial charge in [-0.1, -0.05) is 13.8 Å². The molecule has 3 unspecified atom stereocenters. The molecule has 3 rings (SSSR count). The quantitative estimate of drug-likeness (QED) is 0.813. The maximum atomic E-state index is 12.8. The van der Waals surface area contributed by atoms with Crippen LogP contribution in [0.5, 0.6) is 0 Å². The molecule has 5 heteroatoms. The molecule has 2 N–H and O–H groups in total. The Hall–Kier alpha value is -1.10. The summed E-state index contributed by atoms with van der Waals surface area (Å²) in [4.78, 5) is 25.8. The zero-order chi connectivity index (χ0) is 16.8. The first-order chi connectivity index (χ1) is 10.8. The summed E-state index contributed by atoms with van der Waals surface area (Å²) in [5.74, 6) is 1.05. The summed E-state index contributed by atoms with van der Waals surface area (Å²) < 4.78 is 0. The van der Waals surface area contributed by atoms with Crippen molar-refractivity contribution in [3.05, 3.63) is 0 Å². The molecule has 0 spiro atoms. The van der Waals surface area contributed by atoms with Gasteiger partial charge < -0.3 is 10.4 Å². The molecule has 1 aliphatic heterocycles. The number of nitrogens with zero attached hydrogens (tertiary/aromatic N) is 1. The minimum absolute atomic E-state index is 0.0829. The van der Waals surface area contributed by atoms with Crippen LogP contribution in [-0.4, -0.2) is 47.6 Å². The molecule has 130 valence electrons. The Bertz CT molecular complexity index is 504. The van der Waals surface area contributed by atoms with Gasteiger partial charge in [-0.3, -0.25) is 14.5 Å². The van der Waals surface area contributed by atoms with E-state index in [2.05, 4.69) is 24.1 Å². The van der Waals surface area contributed by atoms with Crippen molar-refractivity contribution < 1.29 is 14.7 Å². The molecule has 1 saturated heterocycles. The molecule has 5 nitrogen and oxygen atoms in total. The molecule has 2 aliphatic carbocycles. The van der Waals surface area contributed by atoms with Gasteiger partial charge in [-0.05, 0) is 75.3 Å². The van der Waals surface area contributed by atoms with Crippen LogP contribution in [0.2, 0.25) is 0 Å². The molecule has 0 aromatic carbocycles. The van der Waals surface area contributed by atoms with Gasteiger partial charge in [0.25, 0.3) is 0 Å². The molecular formula is C18H30N2O3. The fraction of sp³-hybridized carbons (Fsp3) is 0.889. The number of carbonyl (C=O) groups excluding carboxylic acids is 1. The van der Waals surface area contributed by atoms with E-state index in [1.54, 1.807) is 0 Å². The number of nitrogens with one attached hydrogen (secondary N) is 1. The van der Waals surface area contributed by atoms with E-state index in [0.29, 0.717) is 17.3 Å². The van der Waals surface area contributed by atoms with Gasteiger partial charge in [0.15, 0.2) is 0 Å². The Morgan fingerprint density at radius 1 is 1.30 bits per heavy atom. The highest BCUT2D eigenvalue weighted by Crippen LogP contribution is 2.62. The van der Waals surface area contributed by atoms with Gasteiger partial charge >= 0.3 is 5.97 Å². The summed E-state index contributed by atoms with van der Waals surface area (Å²) >= 11 is 0. The van der Waals surface area contributed by atoms with E-state index >= 15 is 0 Å². The number of carboxylic acids is 1. The molecule has 0 aromatic rings. The number of carboxylic acid groups (broad SMARTS) is 1. The minimum atomic E-state index is -0.977. The van der Waals surface area contributed by atoms with Gasteiger partial charge in [0.1, 0.15) is 12.1 Å². The van der Waals surface area contributed by atoms with E-state index in [0.717, 1.165) is 31.7 Å². The van der Waals surface area contributed by atoms with Crippen LogP contribution in [0.1, 0.15) is 52.4 Å². The van der Waals surface area contributed by atoms with E-state index < -0.39 is 11.5 Å². The zero-order valence-corrected chi connectivity index (χ0v) is 14.6. The lowest BCUT2D eigenvalue weighted by molar-refractivity contribution is -0.140. The summed E-state index contributed by atoms with van der Waals surface area (Å²) in [5, 5.41) is 11.5. The Labute approximate surface area is 138 Å². The highest BCUT2D eigenvalue weighted by atomic mass is 16.4. The Balaban J connectivity index is 1.76. The van der Waals surface area contributed by atoms with Gasteiger partial charge in [-0.15, -0.1) is 0 Å². The molecule has 3 fully saturated rings. The third kappa shape index (κ3) is 2.67. The van der Waals surface area contributed by atoms with Crippen LogP contribution in [0.15, 0.2) is 0 Å². The molecule has 1 amide bonds. The number of likely N-dealkylation sites (tertiary alicyclic amines) is 1. The number of fused-ring (bicyclic) bond motifs is 2. The lowest BCUT2D eigenvalue weighted by Crippen LogP contribution is -2.56. The van der Waals surface area contributed by atoms with Gasteiger partial charge in [0.05, 0.1) is 0 Å². The molecular weight excluding hydrogens is 292 g/mol. The molecule has 3 aliphatic rings. The zero-order valence-electron chi connectivity index (χ0n) is 14.6. The highest BCUT2D eigenvalue weighted by molar-refractivity contribution is 5.89. The first kappa shape index (κ1) is 16.7. The van der Waals surface area contributed by atoms with E-state index in [-0.39, 0.29) is 12.5 Å². The van der Waals surface area contributed by atoms with Crippen molar-refractivity contribution in [3.63, 3.8) is 0 Å². The fourth-order valence-corrected chi connectivity index (χ4v) is 5.85. The Morgan fingerprint density at radius 3 is 2.52 bits per heavy atom.